The van der Waals surface area contributed by atoms with Crippen molar-refractivity contribution in [2.75, 3.05) is 52.5 Å². The summed E-state index contributed by atoms with van der Waals surface area (Å²) in [5.41, 5.74) is 1.26. The molecule has 0 radical (unpaired) electrons. The lowest BCUT2D eigenvalue weighted by Gasteiger charge is -2.26. The van der Waals surface area contributed by atoms with Crippen LogP contribution in [0, 0.1) is 5.92 Å². The van der Waals surface area contributed by atoms with Gasteiger partial charge in [0.1, 0.15) is 32.7 Å². The maximum absolute atomic E-state index is 12.1. The number of carbonyl (C=O) groups excluding carboxylic acids is 1. The Morgan fingerprint density at radius 2 is 1.85 bits per heavy atom. The number of hydrogen-bond donors (Lipinski definition) is 2. The Bertz CT molecular complexity index is 483. The van der Waals surface area contributed by atoms with Crippen LogP contribution in [0.15, 0.2) is 30.3 Å². The molecule has 5 nitrogen and oxygen atoms in total. The molecule has 1 unspecified atom stereocenters. The van der Waals surface area contributed by atoms with Crippen LogP contribution in [0.1, 0.15) is 19.4 Å². The molecule has 0 spiro atoms. The van der Waals surface area contributed by atoms with Crippen molar-refractivity contribution in [1.82, 2.24) is 0 Å². The van der Waals surface area contributed by atoms with Gasteiger partial charge in [-0.25, -0.2) is 4.79 Å². The summed E-state index contributed by atoms with van der Waals surface area (Å²) in [5.74, 6) is 0.288. The Hall–Kier alpha value is -0.850. The molecule has 1 fully saturated rings. The molecular weight excluding hydrogens is 375 g/mol. The number of hydrogen-bond acceptors (Lipinski definition) is 3. The van der Waals surface area contributed by atoms with Crippen molar-refractivity contribution in [2.24, 2.45) is 5.92 Å². The second-order valence-corrected chi connectivity index (χ2v) is 7.03. The number of morpholine rings is 1. The van der Waals surface area contributed by atoms with Gasteiger partial charge in [-0.2, -0.15) is 0 Å². The molecule has 1 aliphatic rings. The van der Waals surface area contributed by atoms with E-state index in [1.165, 1.54) is 10.5 Å². The molecule has 0 aromatic heterocycles. The summed E-state index contributed by atoms with van der Waals surface area (Å²) in [6.07, 6.45) is 0. The summed E-state index contributed by atoms with van der Waals surface area (Å²) in [6, 6.07) is 10.4. The molecule has 2 rings (SSSR count). The second-order valence-electron chi connectivity index (χ2n) is 7.03. The number of benzene rings is 1. The van der Waals surface area contributed by atoms with E-state index in [0.717, 1.165) is 45.9 Å². The highest BCUT2D eigenvalue weighted by atomic mass is 35.5. The Balaban J connectivity index is 0.00000312. The molecule has 26 heavy (non-hydrogen) atoms. The van der Waals surface area contributed by atoms with Crippen LogP contribution in [-0.4, -0.2) is 58.5 Å². The zero-order chi connectivity index (χ0) is 17.2. The molecule has 0 amide bonds. The lowest BCUT2D eigenvalue weighted by Crippen LogP contribution is -3.21. The Kier molecular flexibility index (Phi) is 13.8. The van der Waals surface area contributed by atoms with Gasteiger partial charge in [-0.15, -0.1) is 0 Å². The van der Waals surface area contributed by atoms with Gasteiger partial charge in [-0.05, 0) is 5.92 Å². The van der Waals surface area contributed by atoms with Crippen molar-refractivity contribution >= 4 is 5.97 Å². The summed E-state index contributed by atoms with van der Waals surface area (Å²) >= 11 is 0. The van der Waals surface area contributed by atoms with E-state index in [2.05, 4.69) is 38.1 Å². The maximum Gasteiger partial charge on any atom is 0.361 e. The van der Waals surface area contributed by atoms with E-state index >= 15 is 0 Å². The molecule has 1 aromatic carbocycles. The third kappa shape index (κ3) is 10.3. The molecule has 7 heteroatoms. The van der Waals surface area contributed by atoms with E-state index in [1.807, 2.05) is 6.07 Å². The van der Waals surface area contributed by atoms with Gasteiger partial charge in [0, 0.05) is 5.56 Å². The lowest BCUT2D eigenvalue weighted by molar-refractivity contribution is -0.964. The number of quaternary nitrogens is 2. The number of carbonyl (C=O) groups is 1. The molecule has 0 bridgehead atoms. The fraction of sp³-hybridized carbons (Fsp3) is 0.632. The van der Waals surface area contributed by atoms with Gasteiger partial charge in [0.25, 0.3) is 0 Å². The maximum atomic E-state index is 12.1. The molecule has 1 saturated heterocycles. The van der Waals surface area contributed by atoms with Gasteiger partial charge < -0.3 is 44.1 Å². The quantitative estimate of drug-likeness (QED) is 0.400. The summed E-state index contributed by atoms with van der Waals surface area (Å²) in [4.78, 5) is 15.0. The molecule has 1 atom stereocenters. The van der Waals surface area contributed by atoms with Crippen molar-refractivity contribution in [1.29, 1.82) is 0 Å². The zero-order valence-electron chi connectivity index (χ0n) is 15.8. The van der Waals surface area contributed by atoms with E-state index in [-0.39, 0.29) is 30.8 Å². The van der Waals surface area contributed by atoms with Crippen molar-refractivity contribution in [3.05, 3.63) is 35.9 Å². The average Bonchev–Trinajstić information content (AvgIpc) is 2.60. The van der Waals surface area contributed by atoms with Crippen LogP contribution in [0.25, 0.3) is 0 Å². The summed E-state index contributed by atoms with van der Waals surface area (Å²) < 4.78 is 10.8. The fourth-order valence-electron chi connectivity index (χ4n) is 2.90. The molecule has 150 valence electrons. The predicted molar refractivity (Wildman–Crippen MR) is 93.0 cm³/mol. The first-order valence-corrected chi connectivity index (χ1v) is 9.08. The lowest BCUT2D eigenvalue weighted by atomic mass is 10.2. The molecule has 1 aromatic rings. The second kappa shape index (κ2) is 14.2. The average molecular weight is 407 g/mol. The molecule has 1 aliphatic heterocycles. The minimum absolute atomic E-state index is 0. The number of ether oxygens (including phenoxy) is 2. The number of esters is 1. The molecular formula is C19H32Cl2N2O3. The molecule has 0 aliphatic carbocycles. The van der Waals surface area contributed by atoms with Crippen LogP contribution in [0.2, 0.25) is 0 Å². The highest BCUT2D eigenvalue weighted by molar-refractivity contribution is 5.70. The third-order valence-corrected chi connectivity index (χ3v) is 4.30. The van der Waals surface area contributed by atoms with Crippen molar-refractivity contribution < 1.29 is 48.9 Å². The first kappa shape index (κ1) is 25.1. The highest BCUT2D eigenvalue weighted by Crippen LogP contribution is 1.95. The van der Waals surface area contributed by atoms with E-state index in [0.29, 0.717) is 19.1 Å². The Morgan fingerprint density at radius 1 is 1.19 bits per heavy atom. The highest BCUT2D eigenvalue weighted by Gasteiger charge is 2.20. The Labute approximate surface area is 169 Å². The minimum atomic E-state index is -0.0911. The minimum Gasteiger partial charge on any atom is -1.00 e. The SMILES string of the molecule is CC(C)COC(=O)C[NH+](CC[NH+]1CCOCC1)Cc1ccccc1.[Cl-].[Cl-]. The zero-order valence-corrected chi connectivity index (χ0v) is 17.3. The first-order chi connectivity index (χ1) is 11.6. The van der Waals surface area contributed by atoms with Crippen molar-refractivity contribution in [2.45, 2.75) is 20.4 Å². The monoisotopic (exact) mass is 406 g/mol. The molecule has 0 saturated carbocycles. The van der Waals surface area contributed by atoms with Gasteiger partial charge in [-0.3, -0.25) is 0 Å². The largest absolute Gasteiger partial charge is 1.00 e. The topological polar surface area (TPSA) is 44.4 Å². The smallest absolute Gasteiger partial charge is 0.361 e. The summed E-state index contributed by atoms with van der Waals surface area (Å²) in [7, 11) is 0. The van der Waals surface area contributed by atoms with Crippen molar-refractivity contribution in [3.63, 3.8) is 0 Å². The van der Waals surface area contributed by atoms with Gasteiger partial charge in [0.05, 0.1) is 19.8 Å². The number of nitrogens with one attached hydrogen (secondary N) is 2. The van der Waals surface area contributed by atoms with Crippen LogP contribution >= 0.6 is 0 Å². The van der Waals surface area contributed by atoms with Crippen LogP contribution < -0.4 is 34.6 Å². The van der Waals surface area contributed by atoms with E-state index in [9.17, 15) is 4.79 Å². The van der Waals surface area contributed by atoms with Gasteiger partial charge in [-0.1, -0.05) is 44.2 Å². The van der Waals surface area contributed by atoms with Gasteiger partial charge >= 0.3 is 5.97 Å². The van der Waals surface area contributed by atoms with Crippen LogP contribution in [0.4, 0.5) is 0 Å². The fourth-order valence-corrected chi connectivity index (χ4v) is 2.90. The molecule has 1 heterocycles. The predicted octanol–water partition coefficient (Wildman–Crippen LogP) is -6.81. The number of rotatable bonds is 9. The van der Waals surface area contributed by atoms with E-state index in [4.69, 9.17) is 9.47 Å². The number of halogens is 2. The van der Waals surface area contributed by atoms with E-state index in [1.54, 1.807) is 4.90 Å². The standard InChI is InChI=1S/C19H30N2O3.2ClH/c1-17(2)16-24-19(22)15-21(14-18-6-4-3-5-7-18)9-8-20-10-12-23-13-11-20;;/h3-7,17H,8-16H2,1-2H3;2*1H. The third-order valence-electron chi connectivity index (χ3n) is 4.30. The van der Waals surface area contributed by atoms with Crippen LogP contribution in [0.5, 0.6) is 0 Å². The summed E-state index contributed by atoms with van der Waals surface area (Å²) in [6.45, 7) is 11.8. The van der Waals surface area contributed by atoms with Gasteiger partial charge in [0.15, 0.2) is 6.54 Å². The van der Waals surface area contributed by atoms with E-state index < -0.39 is 0 Å². The normalized spacial score (nSPS) is 15.7. The van der Waals surface area contributed by atoms with Crippen LogP contribution in [0.3, 0.4) is 0 Å². The summed E-state index contributed by atoms with van der Waals surface area (Å²) in [5, 5.41) is 0. The van der Waals surface area contributed by atoms with Crippen LogP contribution in [-0.2, 0) is 20.8 Å². The van der Waals surface area contributed by atoms with Gasteiger partial charge in [0.2, 0.25) is 0 Å². The van der Waals surface area contributed by atoms with Crippen molar-refractivity contribution in [3.8, 4) is 0 Å². The first-order valence-electron chi connectivity index (χ1n) is 9.08. The molecule has 2 N–H and O–H groups in total. The Morgan fingerprint density at radius 3 is 2.46 bits per heavy atom.